The summed E-state index contributed by atoms with van der Waals surface area (Å²) in [7, 11) is 2.21. The zero-order valence-corrected chi connectivity index (χ0v) is 11.1. The predicted octanol–water partition coefficient (Wildman–Crippen LogP) is 2.42. The van der Waals surface area contributed by atoms with Crippen molar-refractivity contribution in [3.8, 4) is 0 Å². The van der Waals surface area contributed by atoms with Crippen molar-refractivity contribution in [3.05, 3.63) is 0 Å². The van der Waals surface area contributed by atoms with Gasteiger partial charge in [0.1, 0.15) is 0 Å². The zero-order valence-electron chi connectivity index (χ0n) is 10.3. The minimum Gasteiger partial charge on any atom is -0.393 e. The van der Waals surface area contributed by atoms with Gasteiger partial charge in [0.25, 0.3) is 0 Å². The first-order valence-electron chi connectivity index (χ1n) is 5.90. The maximum absolute atomic E-state index is 5.70. The third-order valence-corrected chi connectivity index (χ3v) is 3.83. The van der Waals surface area contributed by atoms with E-state index in [9.17, 15) is 0 Å². The molecular formula is C12H24N2S. The molecule has 0 unspecified atom stereocenters. The van der Waals surface area contributed by atoms with Crippen molar-refractivity contribution in [1.29, 1.82) is 0 Å². The molecule has 88 valence electrons. The van der Waals surface area contributed by atoms with Gasteiger partial charge in [0.05, 0.1) is 4.99 Å². The van der Waals surface area contributed by atoms with Gasteiger partial charge in [-0.2, -0.15) is 0 Å². The minimum absolute atomic E-state index is 0.0236. The van der Waals surface area contributed by atoms with Crippen LogP contribution in [0.25, 0.3) is 0 Å². The van der Waals surface area contributed by atoms with Crippen LogP contribution in [0.2, 0.25) is 0 Å². The lowest BCUT2D eigenvalue weighted by molar-refractivity contribution is 0.297. The fourth-order valence-electron chi connectivity index (χ4n) is 1.75. The van der Waals surface area contributed by atoms with E-state index in [1.807, 2.05) is 0 Å². The maximum Gasteiger partial charge on any atom is 0.0784 e. The van der Waals surface area contributed by atoms with Crippen LogP contribution in [-0.4, -0.2) is 30.0 Å². The Morgan fingerprint density at radius 1 is 1.47 bits per heavy atom. The van der Waals surface area contributed by atoms with E-state index >= 15 is 0 Å². The molecule has 0 amide bonds. The Morgan fingerprint density at radius 3 is 2.53 bits per heavy atom. The summed E-state index contributed by atoms with van der Waals surface area (Å²) in [6.07, 6.45) is 5.15. The SMILES string of the molecule is CN(CCCC(C)(C)C(N)=S)CC1CC1. The second kappa shape index (κ2) is 5.26. The predicted molar refractivity (Wildman–Crippen MR) is 70.0 cm³/mol. The van der Waals surface area contributed by atoms with E-state index in [1.165, 1.54) is 32.4 Å². The molecule has 1 fully saturated rings. The maximum atomic E-state index is 5.70. The molecule has 0 radical (unpaired) electrons. The van der Waals surface area contributed by atoms with E-state index in [4.69, 9.17) is 18.0 Å². The first-order valence-corrected chi connectivity index (χ1v) is 6.31. The summed E-state index contributed by atoms with van der Waals surface area (Å²) >= 11 is 5.05. The molecule has 1 aliphatic rings. The van der Waals surface area contributed by atoms with E-state index in [0.29, 0.717) is 4.99 Å². The van der Waals surface area contributed by atoms with Crippen molar-refractivity contribution >= 4 is 17.2 Å². The Balaban J connectivity index is 2.11. The van der Waals surface area contributed by atoms with Crippen molar-refractivity contribution in [3.63, 3.8) is 0 Å². The summed E-state index contributed by atoms with van der Waals surface area (Å²) in [5.74, 6) is 0.985. The molecule has 0 aromatic rings. The summed E-state index contributed by atoms with van der Waals surface area (Å²) in [6, 6.07) is 0. The molecule has 0 bridgehead atoms. The van der Waals surface area contributed by atoms with Gasteiger partial charge in [0.2, 0.25) is 0 Å². The van der Waals surface area contributed by atoms with Crippen molar-refractivity contribution < 1.29 is 0 Å². The van der Waals surface area contributed by atoms with Gasteiger partial charge < -0.3 is 10.6 Å². The number of nitrogens with two attached hydrogens (primary N) is 1. The fraction of sp³-hybridized carbons (Fsp3) is 0.917. The van der Waals surface area contributed by atoms with Crippen LogP contribution in [0, 0.1) is 11.3 Å². The second-order valence-corrected chi connectivity index (χ2v) is 6.00. The highest BCUT2D eigenvalue weighted by Crippen LogP contribution is 2.29. The molecule has 1 aliphatic carbocycles. The van der Waals surface area contributed by atoms with Gasteiger partial charge in [-0.15, -0.1) is 0 Å². The van der Waals surface area contributed by atoms with Crippen LogP contribution < -0.4 is 5.73 Å². The highest BCUT2D eigenvalue weighted by atomic mass is 32.1. The quantitative estimate of drug-likeness (QED) is 0.679. The Morgan fingerprint density at radius 2 is 2.07 bits per heavy atom. The van der Waals surface area contributed by atoms with Crippen molar-refractivity contribution in [2.75, 3.05) is 20.1 Å². The highest BCUT2D eigenvalue weighted by Gasteiger charge is 2.24. The molecule has 0 heterocycles. The molecule has 0 aromatic heterocycles. The first-order chi connectivity index (χ1) is 6.92. The van der Waals surface area contributed by atoms with E-state index in [0.717, 1.165) is 12.3 Å². The Kier molecular flexibility index (Phi) is 4.53. The summed E-state index contributed by atoms with van der Waals surface area (Å²) in [5.41, 5.74) is 5.72. The number of rotatable bonds is 7. The Labute approximate surface area is 99.2 Å². The molecule has 0 saturated heterocycles. The van der Waals surface area contributed by atoms with Gasteiger partial charge in [0.15, 0.2) is 0 Å². The molecular weight excluding hydrogens is 204 g/mol. The molecule has 0 aromatic carbocycles. The van der Waals surface area contributed by atoms with Crippen molar-refractivity contribution in [2.45, 2.75) is 39.5 Å². The molecule has 3 heteroatoms. The monoisotopic (exact) mass is 228 g/mol. The van der Waals surface area contributed by atoms with Crippen LogP contribution in [0.4, 0.5) is 0 Å². The van der Waals surface area contributed by atoms with E-state index in [2.05, 4.69) is 25.8 Å². The lowest BCUT2D eigenvalue weighted by Gasteiger charge is -2.24. The topological polar surface area (TPSA) is 29.3 Å². The van der Waals surface area contributed by atoms with Gasteiger partial charge in [-0.05, 0) is 45.2 Å². The average molecular weight is 228 g/mol. The van der Waals surface area contributed by atoms with Crippen LogP contribution in [0.1, 0.15) is 39.5 Å². The first kappa shape index (κ1) is 12.9. The molecule has 1 rings (SSSR count). The largest absolute Gasteiger partial charge is 0.393 e. The normalized spacial score (nSPS) is 17.1. The van der Waals surface area contributed by atoms with Gasteiger partial charge in [0, 0.05) is 12.0 Å². The summed E-state index contributed by atoms with van der Waals surface area (Å²) < 4.78 is 0. The van der Waals surface area contributed by atoms with Crippen LogP contribution >= 0.6 is 12.2 Å². The van der Waals surface area contributed by atoms with E-state index < -0.39 is 0 Å². The van der Waals surface area contributed by atoms with Crippen molar-refractivity contribution in [2.24, 2.45) is 17.1 Å². The molecule has 1 saturated carbocycles. The molecule has 0 atom stereocenters. The molecule has 2 nitrogen and oxygen atoms in total. The summed E-state index contributed by atoms with van der Waals surface area (Å²) in [5, 5.41) is 0. The van der Waals surface area contributed by atoms with Gasteiger partial charge in [-0.1, -0.05) is 26.1 Å². The van der Waals surface area contributed by atoms with Gasteiger partial charge >= 0.3 is 0 Å². The standard InChI is InChI=1S/C12H24N2S/c1-12(2,11(13)15)7-4-8-14(3)9-10-5-6-10/h10H,4-9H2,1-3H3,(H2,13,15). The fourth-order valence-corrected chi connectivity index (χ4v) is 1.85. The van der Waals surface area contributed by atoms with E-state index in [1.54, 1.807) is 0 Å². The lowest BCUT2D eigenvalue weighted by Crippen LogP contribution is -2.31. The molecule has 2 N–H and O–H groups in total. The van der Waals surface area contributed by atoms with E-state index in [-0.39, 0.29) is 5.41 Å². The van der Waals surface area contributed by atoms with Crippen LogP contribution in [-0.2, 0) is 0 Å². The second-order valence-electron chi connectivity index (χ2n) is 5.56. The zero-order chi connectivity index (χ0) is 11.5. The molecule has 15 heavy (non-hydrogen) atoms. The highest BCUT2D eigenvalue weighted by molar-refractivity contribution is 7.80. The lowest BCUT2D eigenvalue weighted by atomic mass is 9.88. The average Bonchev–Trinajstić information content (AvgIpc) is 2.87. The Hall–Kier alpha value is -0.150. The molecule has 0 spiro atoms. The number of hydrogen-bond donors (Lipinski definition) is 1. The number of hydrogen-bond acceptors (Lipinski definition) is 2. The van der Waals surface area contributed by atoms with Crippen LogP contribution in [0.5, 0.6) is 0 Å². The number of thiocarbonyl (C=S) groups is 1. The van der Waals surface area contributed by atoms with Gasteiger partial charge in [-0.3, -0.25) is 0 Å². The minimum atomic E-state index is 0.0236. The van der Waals surface area contributed by atoms with Crippen molar-refractivity contribution in [1.82, 2.24) is 4.90 Å². The van der Waals surface area contributed by atoms with Gasteiger partial charge in [-0.25, -0.2) is 0 Å². The van der Waals surface area contributed by atoms with Crippen LogP contribution in [0.15, 0.2) is 0 Å². The number of nitrogens with zero attached hydrogens (tertiary/aromatic N) is 1. The summed E-state index contributed by atoms with van der Waals surface area (Å²) in [6.45, 7) is 6.71. The smallest absolute Gasteiger partial charge is 0.0784 e. The van der Waals surface area contributed by atoms with Crippen LogP contribution in [0.3, 0.4) is 0 Å². The Bertz CT molecular complexity index is 222. The summed E-state index contributed by atoms with van der Waals surface area (Å²) in [4.78, 5) is 3.08. The third-order valence-electron chi connectivity index (χ3n) is 3.28. The third kappa shape index (κ3) is 4.94. The molecule has 0 aliphatic heterocycles.